The van der Waals surface area contributed by atoms with Gasteiger partial charge in [-0.2, -0.15) is 0 Å². The number of carbonyl (C=O) groups excluding carboxylic acids is 1. The van der Waals surface area contributed by atoms with Gasteiger partial charge >= 0.3 is 0 Å². The van der Waals surface area contributed by atoms with E-state index in [2.05, 4.69) is 0 Å². The summed E-state index contributed by atoms with van der Waals surface area (Å²) in [6.07, 6.45) is 1.29. The molecule has 0 aromatic heterocycles. The van der Waals surface area contributed by atoms with Crippen LogP contribution >= 0.6 is 0 Å². The Balaban J connectivity index is 1.89. The van der Waals surface area contributed by atoms with Gasteiger partial charge in [-0.05, 0) is 30.0 Å². The Kier molecular flexibility index (Phi) is 6.18. The van der Waals surface area contributed by atoms with Gasteiger partial charge < -0.3 is 15.4 Å². The number of nitrogens with zero attached hydrogens (tertiary/aromatic N) is 1. The molecule has 2 rings (SSSR count). The van der Waals surface area contributed by atoms with E-state index in [-0.39, 0.29) is 5.91 Å². The van der Waals surface area contributed by atoms with Gasteiger partial charge in [-0.15, -0.1) is 0 Å². The fourth-order valence-corrected chi connectivity index (χ4v) is 2.55. The molecule has 122 valence electrons. The molecule has 0 fully saturated rings. The summed E-state index contributed by atoms with van der Waals surface area (Å²) < 4.78 is 5.34. The molecule has 0 heterocycles. The van der Waals surface area contributed by atoms with Crippen molar-refractivity contribution in [3.8, 4) is 5.75 Å². The minimum atomic E-state index is -0.514. The monoisotopic (exact) mass is 312 g/mol. The third-order valence-electron chi connectivity index (χ3n) is 3.90. The van der Waals surface area contributed by atoms with E-state index < -0.39 is 6.04 Å². The molecule has 1 amide bonds. The third-order valence-corrected chi connectivity index (χ3v) is 3.90. The van der Waals surface area contributed by atoms with E-state index in [0.717, 1.165) is 23.3 Å². The Hall–Kier alpha value is -2.33. The van der Waals surface area contributed by atoms with Gasteiger partial charge in [0.1, 0.15) is 5.75 Å². The first-order chi connectivity index (χ1) is 11.1. The van der Waals surface area contributed by atoms with Crippen LogP contribution in [0.25, 0.3) is 0 Å². The van der Waals surface area contributed by atoms with Crippen LogP contribution in [0.2, 0.25) is 0 Å². The van der Waals surface area contributed by atoms with Gasteiger partial charge in [0, 0.05) is 13.6 Å². The van der Waals surface area contributed by atoms with Crippen molar-refractivity contribution in [2.24, 2.45) is 5.73 Å². The van der Waals surface area contributed by atoms with E-state index >= 15 is 0 Å². The Morgan fingerprint density at radius 2 is 1.78 bits per heavy atom. The highest BCUT2D eigenvalue weighted by Gasteiger charge is 2.18. The first-order valence-corrected chi connectivity index (χ1v) is 7.78. The molecule has 4 nitrogen and oxygen atoms in total. The zero-order valence-electron chi connectivity index (χ0n) is 13.7. The molecule has 0 radical (unpaired) electrons. The van der Waals surface area contributed by atoms with Gasteiger partial charge in [0.15, 0.2) is 0 Å². The first-order valence-electron chi connectivity index (χ1n) is 7.78. The van der Waals surface area contributed by atoms with E-state index in [1.54, 1.807) is 19.1 Å². The minimum Gasteiger partial charge on any atom is -0.496 e. The molecule has 4 heteroatoms. The fraction of sp³-hybridized carbons (Fsp3) is 0.316. The van der Waals surface area contributed by atoms with Gasteiger partial charge in [0.05, 0.1) is 13.2 Å². The maximum Gasteiger partial charge on any atom is 0.239 e. The molecular formula is C19H24N2O2. The van der Waals surface area contributed by atoms with E-state index in [0.29, 0.717) is 13.0 Å². The van der Waals surface area contributed by atoms with Crippen molar-refractivity contribution in [3.05, 3.63) is 65.7 Å². The Bertz CT molecular complexity index is 628. The number of hydrogen-bond acceptors (Lipinski definition) is 3. The van der Waals surface area contributed by atoms with Crippen LogP contribution in [0.4, 0.5) is 0 Å². The molecule has 2 aromatic carbocycles. The van der Waals surface area contributed by atoms with Crippen LogP contribution in [0.1, 0.15) is 11.1 Å². The van der Waals surface area contributed by atoms with E-state index in [4.69, 9.17) is 10.5 Å². The highest BCUT2D eigenvalue weighted by Crippen LogP contribution is 2.18. The molecule has 2 aromatic rings. The minimum absolute atomic E-state index is 0.0382. The number of likely N-dealkylation sites (N-methyl/N-ethyl adjacent to an activating group) is 1. The molecule has 0 unspecified atom stereocenters. The average molecular weight is 312 g/mol. The largest absolute Gasteiger partial charge is 0.496 e. The molecule has 1 atom stereocenters. The van der Waals surface area contributed by atoms with Crippen molar-refractivity contribution >= 4 is 5.91 Å². The van der Waals surface area contributed by atoms with Crippen LogP contribution in [0.3, 0.4) is 0 Å². The number of benzene rings is 2. The van der Waals surface area contributed by atoms with Crippen molar-refractivity contribution in [1.82, 2.24) is 4.90 Å². The maximum absolute atomic E-state index is 12.4. The molecule has 0 spiro atoms. The molecule has 23 heavy (non-hydrogen) atoms. The lowest BCUT2D eigenvalue weighted by Crippen LogP contribution is -2.43. The molecular weight excluding hydrogens is 288 g/mol. The van der Waals surface area contributed by atoms with Gasteiger partial charge in [0.2, 0.25) is 5.91 Å². The maximum atomic E-state index is 12.4. The second-order valence-corrected chi connectivity index (χ2v) is 5.62. The number of ether oxygens (including phenoxy) is 1. The predicted molar refractivity (Wildman–Crippen MR) is 92.5 cm³/mol. The van der Waals surface area contributed by atoms with Crippen molar-refractivity contribution in [2.75, 3.05) is 20.7 Å². The van der Waals surface area contributed by atoms with E-state index in [9.17, 15) is 4.79 Å². The Labute approximate surface area is 137 Å². The normalized spacial score (nSPS) is 11.8. The lowest BCUT2D eigenvalue weighted by Gasteiger charge is -2.22. The highest BCUT2D eigenvalue weighted by molar-refractivity contribution is 5.81. The summed E-state index contributed by atoms with van der Waals surface area (Å²) in [5, 5.41) is 0. The summed E-state index contributed by atoms with van der Waals surface area (Å²) in [4.78, 5) is 14.1. The first kappa shape index (κ1) is 17.0. The number of rotatable bonds is 7. The summed E-state index contributed by atoms with van der Waals surface area (Å²) in [5.41, 5.74) is 8.22. The molecule has 0 aliphatic heterocycles. The van der Waals surface area contributed by atoms with Crippen molar-refractivity contribution in [2.45, 2.75) is 18.9 Å². The molecule has 0 saturated carbocycles. The molecule has 0 bridgehead atoms. The Morgan fingerprint density at radius 1 is 1.13 bits per heavy atom. The van der Waals surface area contributed by atoms with Gasteiger partial charge in [0.25, 0.3) is 0 Å². The summed E-state index contributed by atoms with van der Waals surface area (Å²) >= 11 is 0. The summed E-state index contributed by atoms with van der Waals surface area (Å²) in [7, 11) is 3.45. The van der Waals surface area contributed by atoms with Gasteiger partial charge in [-0.25, -0.2) is 0 Å². The quantitative estimate of drug-likeness (QED) is 0.853. The molecule has 0 aliphatic carbocycles. The van der Waals surface area contributed by atoms with Gasteiger partial charge in [-0.1, -0.05) is 48.5 Å². The number of para-hydroxylation sites is 1. The van der Waals surface area contributed by atoms with Crippen LogP contribution in [-0.4, -0.2) is 37.6 Å². The number of nitrogens with two attached hydrogens (primary N) is 1. The zero-order valence-corrected chi connectivity index (χ0v) is 13.7. The lowest BCUT2D eigenvalue weighted by atomic mass is 10.1. The van der Waals surface area contributed by atoms with Crippen LogP contribution in [-0.2, 0) is 17.6 Å². The van der Waals surface area contributed by atoms with Crippen LogP contribution in [0.15, 0.2) is 54.6 Å². The molecule has 0 aliphatic rings. The standard InChI is InChI=1S/C19H24N2O2/c1-21(13-12-16-10-6-7-11-18(16)23-2)19(22)17(20)14-15-8-4-3-5-9-15/h3-11,17H,12-14,20H2,1-2H3/t17-/m0/s1. The SMILES string of the molecule is COc1ccccc1CCN(C)C(=O)[C@@H](N)Cc1ccccc1. The number of amides is 1. The van der Waals surface area contributed by atoms with Gasteiger partial charge in [-0.3, -0.25) is 4.79 Å². The summed E-state index contributed by atoms with van der Waals surface area (Å²) in [6.45, 7) is 0.613. The van der Waals surface area contributed by atoms with Crippen molar-refractivity contribution in [1.29, 1.82) is 0 Å². The van der Waals surface area contributed by atoms with E-state index in [1.807, 2.05) is 54.6 Å². The van der Waals surface area contributed by atoms with Crippen LogP contribution < -0.4 is 10.5 Å². The topological polar surface area (TPSA) is 55.6 Å². The number of hydrogen-bond donors (Lipinski definition) is 1. The fourth-order valence-electron chi connectivity index (χ4n) is 2.55. The van der Waals surface area contributed by atoms with Crippen LogP contribution in [0, 0.1) is 0 Å². The number of methoxy groups -OCH3 is 1. The second-order valence-electron chi connectivity index (χ2n) is 5.62. The van der Waals surface area contributed by atoms with Crippen molar-refractivity contribution in [3.63, 3.8) is 0 Å². The highest BCUT2D eigenvalue weighted by atomic mass is 16.5. The molecule has 0 saturated heterocycles. The number of carbonyl (C=O) groups is 1. The smallest absolute Gasteiger partial charge is 0.239 e. The second kappa shape index (κ2) is 8.34. The summed E-state index contributed by atoms with van der Waals surface area (Å²) in [5.74, 6) is 0.811. The van der Waals surface area contributed by atoms with Crippen LogP contribution in [0.5, 0.6) is 5.75 Å². The van der Waals surface area contributed by atoms with Crippen molar-refractivity contribution < 1.29 is 9.53 Å². The molecule has 2 N–H and O–H groups in total. The lowest BCUT2D eigenvalue weighted by molar-refractivity contribution is -0.131. The average Bonchev–Trinajstić information content (AvgIpc) is 2.60. The summed E-state index contributed by atoms with van der Waals surface area (Å²) in [6, 6.07) is 17.2. The zero-order chi connectivity index (χ0) is 16.7. The predicted octanol–water partition coefficient (Wildman–Crippen LogP) is 2.27. The van der Waals surface area contributed by atoms with E-state index in [1.165, 1.54) is 0 Å². The Morgan fingerprint density at radius 3 is 2.48 bits per heavy atom. The third kappa shape index (κ3) is 4.83.